The van der Waals surface area contributed by atoms with Crippen molar-refractivity contribution in [3.8, 4) is 0 Å². The number of ether oxygens (including phenoxy) is 2. The molecule has 0 aliphatic heterocycles. The molecule has 0 unspecified atom stereocenters. The van der Waals surface area contributed by atoms with Crippen molar-refractivity contribution in [3.63, 3.8) is 0 Å². The molecule has 1 rings (SSSR count). The Labute approximate surface area is 149 Å². The molecule has 0 spiro atoms. The van der Waals surface area contributed by atoms with Gasteiger partial charge in [-0.2, -0.15) is 0 Å². The van der Waals surface area contributed by atoms with Gasteiger partial charge in [0.15, 0.2) is 23.3 Å². The van der Waals surface area contributed by atoms with Crippen molar-refractivity contribution in [1.29, 1.82) is 0 Å². The molecule has 1 aromatic rings. The Bertz CT molecular complexity index is 620. The van der Waals surface area contributed by atoms with E-state index in [1.54, 1.807) is 0 Å². The van der Waals surface area contributed by atoms with Gasteiger partial charge in [0.05, 0.1) is 19.4 Å². The largest absolute Gasteiger partial charge is 0.466 e. The van der Waals surface area contributed by atoms with E-state index in [1.165, 1.54) is 0 Å². The third kappa shape index (κ3) is 7.41. The van der Waals surface area contributed by atoms with Crippen LogP contribution in [0.1, 0.15) is 57.4 Å². The van der Waals surface area contributed by atoms with E-state index in [4.69, 9.17) is 4.74 Å². The molecule has 0 atom stereocenters. The fourth-order valence-electron chi connectivity index (χ4n) is 2.13. The van der Waals surface area contributed by atoms with Gasteiger partial charge in [0, 0.05) is 5.56 Å². The van der Waals surface area contributed by atoms with Gasteiger partial charge in [0.25, 0.3) is 0 Å². The zero-order valence-corrected chi connectivity index (χ0v) is 14.6. The van der Waals surface area contributed by atoms with E-state index in [0.717, 1.165) is 32.1 Å². The van der Waals surface area contributed by atoms with Crippen molar-refractivity contribution >= 4 is 11.9 Å². The lowest BCUT2D eigenvalue weighted by atomic mass is 10.2. The van der Waals surface area contributed by atoms with E-state index in [1.807, 2.05) is 0 Å². The Morgan fingerprint density at radius 3 is 2.12 bits per heavy atom. The number of halogens is 4. The van der Waals surface area contributed by atoms with Crippen LogP contribution in [0.25, 0.3) is 0 Å². The standard InChI is InChI=1S/C18H22F4O4/c1-2-3-4-5-6-9-25-14(23)7-8-15(24)26-11-12-10-13(19)17(21)18(22)16(12)20/h10H,2-9,11H2,1H3. The maximum absolute atomic E-state index is 13.4. The number of hydrogen-bond acceptors (Lipinski definition) is 4. The van der Waals surface area contributed by atoms with Gasteiger partial charge in [-0.05, 0) is 12.5 Å². The number of rotatable bonds is 11. The van der Waals surface area contributed by atoms with E-state index in [2.05, 4.69) is 11.7 Å². The van der Waals surface area contributed by atoms with Gasteiger partial charge in [-0.25, -0.2) is 17.6 Å². The number of benzene rings is 1. The van der Waals surface area contributed by atoms with E-state index in [0.29, 0.717) is 6.07 Å². The third-order valence-corrected chi connectivity index (χ3v) is 3.61. The fourth-order valence-corrected chi connectivity index (χ4v) is 2.13. The molecule has 1 aromatic carbocycles. The first-order valence-electron chi connectivity index (χ1n) is 8.49. The summed E-state index contributed by atoms with van der Waals surface area (Å²) in [6.07, 6.45) is 4.48. The summed E-state index contributed by atoms with van der Waals surface area (Å²) < 4.78 is 61.9. The van der Waals surface area contributed by atoms with E-state index in [9.17, 15) is 27.2 Å². The molecular weight excluding hydrogens is 356 g/mol. The SMILES string of the molecule is CCCCCCCOC(=O)CCC(=O)OCc1cc(F)c(F)c(F)c1F. The minimum absolute atomic E-state index is 0.220. The molecule has 0 radical (unpaired) electrons. The third-order valence-electron chi connectivity index (χ3n) is 3.61. The second kappa shape index (κ2) is 11.5. The van der Waals surface area contributed by atoms with Crippen molar-refractivity contribution in [3.05, 3.63) is 34.9 Å². The van der Waals surface area contributed by atoms with Gasteiger partial charge in [0.1, 0.15) is 6.61 Å². The average molecular weight is 378 g/mol. The summed E-state index contributed by atoms with van der Waals surface area (Å²) in [6, 6.07) is 0.411. The predicted molar refractivity (Wildman–Crippen MR) is 85.0 cm³/mol. The molecule has 8 heteroatoms. The Kier molecular flexibility index (Phi) is 9.69. The molecule has 0 saturated carbocycles. The number of carbonyl (C=O) groups excluding carboxylic acids is 2. The lowest BCUT2D eigenvalue weighted by Crippen LogP contribution is -2.12. The van der Waals surface area contributed by atoms with Crippen LogP contribution < -0.4 is 0 Å². The summed E-state index contributed by atoms with van der Waals surface area (Å²) in [5.74, 6) is -8.55. The highest BCUT2D eigenvalue weighted by molar-refractivity contribution is 5.77. The van der Waals surface area contributed by atoms with Crippen LogP contribution in [-0.4, -0.2) is 18.5 Å². The van der Waals surface area contributed by atoms with Crippen molar-refractivity contribution in [2.75, 3.05) is 6.61 Å². The maximum Gasteiger partial charge on any atom is 0.306 e. The molecule has 0 aromatic heterocycles. The summed E-state index contributed by atoms with van der Waals surface area (Å²) in [7, 11) is 0. The smallest absolute Gasteiger partial charge is 0.306 e. The van der Waals surface area contributed by atoms with Crippen molar-refractivity contribution in [2.24, 2.45) is 0 Å². The Balaban J connectivity index is 2.28. The van der Waals surface area contributed by atoms with Crippen LogP contribution >= 0.6 is 0 Å². The minimum Gasteiger partial charge on any atom is -0.466 e. The highest BCUT2D eigenvalue weighted by atomic mass is 19.2. The molecule has 0 bridgehead atoms. The molecule has 0 heterocycles. The quantitative estimate of drug-likeness (QED) is 0.186. The molecule has 146 valence electrons. The van der Waals surface area contributed by atoms with Crippen LogP contribution in [0.2, 0.25) is 0 Å². The molecule has 0 N–H and O–H groups in total. The Hall–Kier alpha value is -2.12. The van der Waals surface area contributed by atoms with Crippen LogP contribution in [0.15, 0.2) is 6.07 Å². The summed E-state index contributed by atoms with van der Waals surface area (Å²) in [5, 5.41) is 0. The van der Waals surface area contributed by atoms with Crippen LogP contribution in [0.4, 0.5) is 17.6 Å². The lowest BCUT2D eigenvalue weighted by molar-refractivity contribution is -0.151. The fraction of sp³-hybridized carbons (Fsp3) is 0.556. The average Bonchev–Trinajstić information content (AvgIpc) is 2.63. The van der Waals surface area contributed by atoms with E-state index in [-0.39, 0.29) is 19.4 Å². The van der Waals surface area contributed by atoms with Gasteiger partial charge in [-0.15, -0.1) is 0 Å². The topological polar surface area (TPSA) is 52.6 Å². The molecule has 4 nitrogen and oxygen atoms in total. The maximum atomic E-state index is 13.4. The van der Waals surface area contributed by atoms with Crippen molar-refractivity contribution < 1.29 is 36.6 Å². The highest BCUT2D eigenvalue weighted by Gasteiger charge is 2.19. The first kappa shape index (κ1) is 21.9. The Morgan fingerprint density at radius 1 is 0.846 bits per heavy atom. The zero-order valence-electron chi connectivity index (χ0n) is 14.6. The first-order valence-corrected chi connectivity index (χ1v) is 8.49. The van der Waals surface area contributed by atoms with Crippen molar-refractivity contribution in [1.82, 2.24) is 0 Å². The molecule has 0 amide bonds. The van der Waals surface area contributed by atoms with Crippen LogP contribution in [0.3, 0.4) is 0 Å². The predicted octanol–water partition coefficient (Wildman–Crippen LogP) is 4.58. The van der Waals surface area contributed by atoms with Gasteiger partial charge in [-0.1, -0.05) is 32.6 Å². The van der Waals surface area contributed by atoms with Crippen LogP contribution in [0.5, 0.6) is 0 Å². The molecular formula is C18H22F4O4. The van der Waals surface area contributed by atoms with Gasteiger partial charge >= 0.3 is 11.9 Å². The summed E-state index contributed by atoms with van der Waals surface area (Å²) in [4.78, 5) is 23.0. The normalized spacial score (nSPS) is 10.7. The summed E-state index contributed by atoms with van der Waals surface area (Å²) in [6.45, 7) is 1.60. The monoisotopic (exact) mass is 378 g/mol. The summed E-state index contributed by atoms with van der Waals surface area (Å²) in [5.41, 5.74) is -0.635. The van der Waals surface area contributed by atoms with E-state index < -0.39 is 47.4 Å². The molecule has 26 heavy (non-hydrogen) atoms. The Morgan fingerprint density at radius 2 is 1.46 bits per heavy atom. The second-order valence-electron chi connectivity index (χ2n) is 5.75. The number of hydrogen-bond donors (Lipinski definition) is 0. The number of unbranched alkanes of at least 4 members (excludes halogenated alkanes) is 4. The molecule has 0 fully saturated rings. The summed E-state index contributed by atoms with van der Waals surface area (Å²) >= 11 is 0. The van der Waals surface area contributed by atoms with Gasteiger partial charge in [-0.3, -0.25) is 9.59 Å². The van der Waals surface area contributed by atoms with Gasteiger partial charge < -0.3 is 9.47 Å². The number of carbonyl (C=O) groups is 2. The van der Waals surface area contributed by atoms with Crippen LogP contribution in [0, 0.1) is 23.3 Å². The second-order valence-corrected chi connectivity index (χ2v) is 5.75. The minimum atomic E-state index is -1.97. The molecule has 0 aliphatic carbocycles. The van der Waals surface area contributed by atoms with Crippen molar-refractivity contribution in [2.45, 2.75) is 58.5 Å². The highest BCUT2D eigenvalue weighted by Crippen LogP contribution is 2.19. The molecule has 0 aliphatic rings. The molecule has 0 saturated heterocycles. The van der Waals surface area contributed by atoms with Crippen LogP contribution in [-0.2, 0) is 25.7 Å². The van der Waals surface area contributed by atoms with Gasteiger partial charge in [0.2, 0.25) is 0 Å². The zero-order chi connectivity index (χ0) is 19.5. The van der Waals surface area contributed by atoms with E-state index >= 15 is 0 Å². The lowest BCUT2D eigenvalue weighted by Gasteiger charge is -2.08. The number of esters is 2. The first-order chi connectivity index (χ1) is 12.4.